The van der Waals surface area contributed by atoms with Crippen LogP contribution < -0.4 is 5.32 Å². The molecule has 3 amide bonds. The number of fused-ring (bicyclic) bond motifs is 1. The van der Waals surface area contributed by atoms with Crippen molar-refractivity contribution in [1.29, 1.82) is 0 Å². The van der Waals surface area contributed by atoms with Crippen molar-refractivity contribution in [3.05, 3.63) is 41.3 Å². The topological polar surface area (TPSA) is 93.5 Å². The van der Waals surface area contributed by atoms with Crippen LogP contribution in [0.5, 0.6) is 0 Å². The molecule has 2 aromatic rings. The van der Waals surface area contributed by atoms with E-state index < -0.39 is 11.9 Å². The predicted molar refractivity (Wildman–Crippen MR) is 103 cm³/mol. The minimum absolute atomic E-state index is 0.161. The van der Waals surface area contributed by atoms with Gasteiger partial charge in [-0.3, -0.25) is 19.7 Å². The Kier molecular flexibility index (Phi) is 4.24. The predicted octanol–water partition coefficient (Wildman–Crippen LogP) is 1.35. The lowest BCUT2D eigenvalue weighted by Crippen LogP contribution is -2.52. The summed E-state index contributed by atoms with van der Waals surface area (Å²) in [5, 5.41) is 2.34. The Morgan fingerprint density at radius 1 is 1.21 bits per heavy atom. The summed E-state index contributed by atoms with van der Waals surface area (Å²) in [6.07, 6.45) is 3.40. The van der Waals surface area contributed by atoms with Gasteiger partial charge in [-0.25, -0.2) is 4.98 Å². The number of aryl methyl sites for hydroxylation is 1. The fraction of sp³-hybridized carbons (Fsp3) is 0.429. The molecule has 150 valence electrons. The van der Waals surface area contributed by atoms with Gasteiger partial charge in [-0.05, 0) is 30.5 Å². The van der Waals surface area contributed by atoms with Crippen LogP contribution in [0.1, 0.15) is 46.8 Å². The van der Waals surface area contributed by atoms with Gasteiger partial charge in [0.1, 0.15) is 6.04 Å². The zero-order valence-corrected chi connectivity index (χ0v) is 16.2. The van der Waals surface area contributed by atoms with Gasteiger partial charge in [-0.2, -0.15) is 0 Å². The van der Waals surface area contributed by atoms with Crippen molar-refractivity contribution >= 4 is 17.7 Å². The van der Waals surface area contributed by atoms with Gasteiger partial charge in [0.25, 0.3) is 5.91 Å². The summed E-state index contributed by atoms with van der Waals surface area (Å²) < 4.78 is 7.60. The molecule has 0 bridgehead atoms. The highest BCUT2D eigenvalue weighted by Gasteiger charge is 2.39. The van der Waals surface area contributed by atoms with Crippen molar-refractivity contribution in [1.82, 2.24) is 19.8 Å². The minimum Gasteiger partial charge on any atom is -0.381 e. The molecular weight excluding hydrogens is 372 g/mol. The first-order chi connectivity index (χ1) is 14.0. The van der Waals surface area contributed by atoms with Gasteiger partial charge < -0.3 is 14.2 Å². The zero-order valence-electron chi connectivity index (χ0n) is 16.2. The van der Waals surface area contributed by atoms with Crippen LogP contribution in [-0.2, 0) is 27.9 Å². The summed E-state index contributed by atoms with van der Waals surface area (Å²) in [7, 11) is 1.99. The molecule has 0 radical (unpaired) electrons. The average Bonchev–Trinajstić information content (AvgIpc) is 3.41. The van der Waals surface area contributed by atoms with Crippen LogP contribution in [0.2, 0.25) is 0 Å². The molecule has 3 aliphatic heterocycles. The number of ether oxygens (including phenoxy) is 1. The van der Waals surface area contributed by atoms with Crippen molar-refractivity contribution in [3.8, 4) is 11.3 Å². The summed E-state index contributed by atoms with van der Waals surface area (Å²) in [6, 6.07) is 5.15. The van der Waals surface area contributed by atoms with Gasteiger partial charge in [0.2, 0.25) is 11.8 Å². The van der Waals surface area contributed by atoms with Crippen molar-refractivity contribution in [2.45, 2.75) is 37.8 Å². The Morgan fingerprint density at radius 2 is 2.07 bits per heavy atom. The van der Waals surface area contributed by atoms with E-state index in [9.17, 15) is 14.4 Å². The molecule has 3 aliphatic rings. The highest BCUT2D eigenvalue weighted by atomic mass is 16.5. The number of piperidine rings is 1. The lowest BCUT2D eigenvalue weighted by Gasteiger charge is -2.29. The number of benzene rings is 1. The molecule has 2 unspecified atom stereocenters. The van der Waals surface area contributed by atoms with Crippen molar-refractivity contribution in [2.24, 2.45) is 7.05 Å². The number of nitrogens with zero attached hydrogens (tertiary/aromatic N) is 3. The second-order valence-electron chi connectivity index (χ2n) is 7.92. The number of aromatic nitrogens is 2. The van der Waals surface area contributed by atoms with Crippen molar-refractivity contribution in [3.63, 3.8) is 0 Å². The van der Waals surface area contributed by atoms with Crippen LogP contribution >= 0.6 is 0 Å². The Labute approximate surface area is 167 Å². The van der Waals surface area contributed by atoms with E-state index in [0.29, 0.717) is 31.1 Å². The third kappa shape index (κ3) is 2.95. The third-order valence-electron chi connectivity index (χ3n) is 6.10. The van der Waals surface area contributed by atoms with E-state index in [4.69, 9.17) is 4.74 Å². The molecule has 1 aromatic carbocycles. The average molecular weight is 394 g/mol. The number of imide groups is 1. The van der Waals surface area contributed by atoms with Crippen LogP contribution in [0.25, 0.3) is 11.3 Å². The van der Waals surface area contributed by atoms with Crippen LogP contribution in [0.4, 0.5) is 0 Å². The largest absolute Gasteiger partial charge is 0.381 e. The number of nitrogens with one attached hydrogen (secondary N) is 1. The smallest absolute Gasteiger partial charge is 0.255 e. The van der Waals surface area contributed by atoms with E-state index in [1.165, 1.54) is 0 Å². The zero-order chi connectivity index (χ0) is 20.1. The van der Waals surface area contributed by atoms with E-state index >= 15 is 0 Å². The molecule has 2 atom stereocenters. The van der Waals surface area contributed by atoms with Gasteiger partial charge in [0, 0.05) is 43.7 Å². The number of imidazole rings is 1. The normalized spacial score (nSPS) is 24.2. The Morgan fingerprint density at radius 3 is 2.83 bits per heavy atom. The van der Waals surface area contributed by atoms with Crippen LogP contribution in [0.3, 0.4) is 0 Å². The number of rotatable bonds is 3. The second kappa shape index (κ2) is 6.81. The first-order valence-electron chi connectivity index (χ1n) is 9.90. The highest BCUT2D eigenvalue weighted by molar-refractivity contribution is 6.05. The number of carbonyl (C=O) groups excluding carboxylic acids is 3. The molecule has 2 fully saturated rings. The van der Waals surface area contributed by atoms with Crippen LogP contribution in [-0.4, -0.2) is 51.4 Å². The molecule has 8 nitrogen and oxygen atoms in total. The van der Waals surface area contributed by atoms with Crippen molar-refractivity contribution < 1.29 is 19.1 Å². The molecule has 29 heavy (non-hydrogen) atoms. The van der Waals surface area contributed by atoms with E-state index in [2.05, 4.69) is 10.3 Å². The van der Waals surface area contributed by atoms with Crippen molar-refractivity contribution in [2.75, 3.05) is 13.2 Å². The maximum absolute atomic E-state index is 12.9. The summed E-state index contributed by atoms with van der Waals surface area (Å²) in [5.41, 5.74) is 4.52. The SMILES string of the molecule is Cn1cnc(-c2ccc3c(c2)CN(C2CCC(=O)NC2=O)C3=O)c1C1CCOC1. The summed E-state index contributed by atoms with van der Waals surface area (Å²) in [6.45, 7) is 1.82. The number of hydrogen-bond acceptors (Lipinski definition) is 5. The Balaban J connectivity index is 1.45. The van der Waals surface area contributed by atoms with Gasteiger partial charge in [-0.15, -0.1) is 0 Å². The first-order valence-corrected chi connectivity index (χ1v) is 9.90. The molecule has 2 saturated heterocycles. The maximum atomic E-state index is 12.9. The maximum Gasteiger partial charge on any atom is 0.255 e. The number of hydrogen-bond donors (Lipinski definition) is 1. The van der Waals surface area contributed by atoms with Crippen LogP contribution in [0, 0.1) is 0 Å². The lowest BCUT2D eigenvalue weighted by atomic mass is 9.97. The molecular formula is C21H22N4O4. The quantitative estimate of drug-likeness (QED) is 0.794. The molecule has 0 spiro atoms. The second-order valence-corrected chi connectivity index (χ2v) is 7.92. The monoisotopic (exact) mass is 394 g/mol. The van der Waals surface area contributed by atoms with Gasteiger partial charge in [-0.1, -0.05) is 6.07 Å². The van der Waals surface area contributed by atoms with Gasteiger partial charge in [0.15, 0.2) is 0 Å². The Hall–Kier alpha value is -3.00. The third-order valence-corrected chi connectivity index (χ3v) is 6.10. The summed E-state index contributed by atoms with van der Waals surface area (Å²) >= 11 is 0. The molecule has 1 aromatic heterocycles. The van der Waals surface area contributed by atoms with E-state index in [-0.39, 0.29) is 18.2 Å². The standard InChI is InChI=1S/C21H22N4O4/c1-24-11-22-18(19(24)13-6-7-29-10-13)12-2-3-15-14(8-12)9-25(21(15)28)16-4-5-17(26)23-20(16)27/h2-3,8,11,13,16H,4-7,9-10H2,1H3,(H,23,26,27). The van der Waals surface area contributed by atoms with E-state index in [1.54, 1.807) is 4.90 Å². The molecule has 0 aliphatic carbocycles. The first kappa shape index (κ1) is 18.1. The molecule has 8 heteroatoms. The fourth-order valence-electron chi connectivity index (χ4n) is 4.62. The number of carbonyl (C=O) groups is 3. The summed E-state index contributed by atoms with van der Waals surface area (Å²) in [5.74, 6) is -0.522. The fourth-order valence-corrected chi connectivity index (χ4v) is 4.62. The van der Waals surface area contributed by atoms with Gasteiger partial charge >= 0.3 is 0 Å². The minimum atomic E-state index is -0.600. The Bertz CT molecular complexity index is 1020. The van der Waals surface area contributed by atoms with Crippen LogP contribution in [0.15, 0.2) is 24.5 Å². The molecule has 4 heterocycles. The molecule has 1 N–H and O–H groups in total. The van der Waals surface area contributed by atoms with E-state index in [1.807, 2.05) is 36.1 Å². The lowest BCUT2D eigenvalue weighted by molar-refractivity contribution is -0.136. The van der Waals surface area contributed by atoms with Gasteiger partial charge in [0.05, 0.1) is 24.3 Å². The molecule has 0 saturated carbocycles. The highest BCUT2D eigenvalue weighted by Crippen LogP contribution is 2.35. The summed E-state index contributed by atoms with van der Waals surface area (Å²) in [4.78, 5) is 42.7. The molecule has 5 rings (SSSR count). The number of amides is 3. The van der Waals surface area contributed by atoms with E-state index in [0.717, 1.165) is 35.5 Å².